The second-order valence-electron chi connectivity index (χ2n) is 4.35. The van der Waals surface area contributed by atoms with Crippen LogP contribution in [0.3, 0.4) is 0 Å². The molecule has 1 amide bonds. The molecular weight excluding hydrogens is 290 g/mol. The van der Waals surface area contributed by atoms with Crippen LogP contribution in [0.4, 0.5) is 11.4 Å². The van der Waals surface area contributed by atoms with Gasteiger partial charge in [0.25, 0.3) is 5.69 Å². The highest BCUT2D eigenvalue weighted by Gasteiger charge is 2.38. The third kappa shape index (κ3) is 2.56. The van der Waals surface area contributed by atoms with Crippen molar-refractivity contribution in [3.05, 3.63) is 28.3 Å². The maximum absolute atomic E-state index is 11.8. The van der Waals surface area contributed by atoms with Crippen molar-refractivity contribution >= 4 is 27.3 Å². The highest BCUT2D eigenvalue weighted by molar-refractivity contribution is 7.89. The van der Waals surface area contributed by atoms with Gasteiger partial charge in [0.15, 0.2) is 0 Å². The van der Waals surface area contributed by atoms with Crippen molar-refractivity contribution in [3.63, 3.8) is 0 Å². The Morgan fingerprint density at radius 3 is 2.55 bits per heavy atom. The number of carbonyl (C=O) groups is 1. The summed E-state index contributed by atoms with van der Waals surface area (Å²) in [6.45, 7) is -0.191. The Kier molecular flexibility index (Phi) is 3.36. The fourth-order valence-corrected chi connectivity index (χ4v) is 2.71. The predicted molar refractivity (Wildman–Crippen MR) is 68.6 cm³/mol. The van der Waals surface area contributed by atoms with Crippen molar-refractivity contribution in [3.8, 4) is 5.75 Å². The number of nitrogens with two attached hydrogens (primary N) is 1. The summed E-state index contributed by atoms with van der Waals surface area (Å²) >= 11 is 0. The zero-order chi connectivity index (χ0) is 15.1. The highest BCUT2D eigenvalue weighted by atomic mass is 32.2. The molecule has 9 nitrogen and oxygen atoms in total. The van der Waals surface area contributed by atoms with Crippen LogP contribution in [0.2, 0.25) is 0 Å². The number of carbonyl (C=O) groups excluding carboxylic acids is 1. The lowest BCUT2D eigenvalue weighted by Crippen LogP contribution is -2.32. The van der Waals surface area contributed by atoms with Crippen LogP contribution in [0.25, 0.3) is 0 Å². The molecule has 1 unspecified atom stereocenters. The van der Waals surface area contributed by atoms with E-state index in [0.29, 0.717) is 0 Å². The van der Waals surface area contributed by atoms with Crippen LogP contribution in [-0.4, -0.2) is 36.1 Å². The molecule has 0 aromatic heterocycles. The first-order valence-electron chi connectivity index (χ1n) is 5.49. The van der Waals surface area contributed by atoms with Gasteiger partial charge in [-0.05, 0) is 6.07 Å². The fourth-order valence-electron chi connectivity index (χ4n) is 1.98. The Labute approximate surface area is 113 Å². The van der Waals surface area contributed by atoms with Crippen LogP contribution in [0.1, 0.15) is 6.42 Å². The number of sulfonamides is 1. The summed E-state index contributed by atoms with van der Waals surface area (Å²) in [5.74, 6) is -0.990. The molecule has 1 aliphatic rings. The first-order chi connectivity index (χ1) is 9.20. The molecule has 0 aliphatic carbocycles. The van der Waals surface area contributed by atoms with E-state index in [1.54, 1.807) is 0 Å². The molecule has 0 bridgehead atoms. The lowest BCUT2D eigenvalue weighted by atomic mass is 10.2. The SMILES string of the molecule is NS(=O)(=O)C1CC(=O)N(c2ccc([N+](=O)[O-])cc2O)C1. The Bertz CT molecular complexity index is 686. The summed E-state index contributed by atoms with van der Waals surface area (Å²) in [7, 11) is -3.86. The summed E-state index contributed by atoms with van der Waals surface area (Å²) in [6.07, 6.45) is -0.282. The monoisotopic (exact) mass is 301 g/mol. The summed E-state index contributed by atoms with van der Waals surface area (Å²) < 4.78 is 22.5. The number of primary sulfonamides is 1. The molecule has 0 radical (unpaired) electrons. The van der Waals surface area contributed by atoms with Gasteiger partial charge in [-0.25, -0.2) is 13.6 Å². The minimum atomic E-state index is -3.86. The van der Waals surface area contributed by atoms with Crippen molar-refractivity contribution < 1.29 is 23.2 Å². The van der Waals surface area contributed by atoms with Crippen molar-refractivity contribution in [2.75, 3.05) is 11.4 Å². The van der Waals surface area contributed by atoms with Crippen LogP contribution in [0.5, 0.6) is 5.75 Å². The summed E-state index contributed by atoms with van der Waals surface area (Å²) in [6, 6.07) is 3.20. The molecule has 1 aromatic carbocycles. The highest BCUT2D eigenvalue weighted by Crippen LogP contribution is 2.34. The van der Waals surface area contributed by atoms with Crippen LogP contribution in [0.15, 0.2) is 18.2 Å². The van der Waals surface area contributed by atoms with Gasteiger partial charge in [0.05, 0.1) is 16.7 Å². The quantitative estimate of drug-likeness (QED) is 0.579. The maximum Gasteiger partial charge on any atom is 0.273 e. The van der Waals surface area contributed by atoms with Crippen LogP contribution >= 0.6 is 0 Å². The van der Waals surface area contributed by atoms with E-state index in [1.807, 2.05) is 0 Å². The number of nitro benzene ring substituents is 1. The van der Waals surface area contributed by atoms with E-state index in [2.05, 4.69) is 0 Å². The Morgan fingerprint density at radius 1 is 1.45 bits per heavy atom. The molecule has 0 spiro atoms. The van der Waals surface area contributed by atoms with Crippen molar-refractivity contribution in [1.82, 2.24) is 0 Å². The zero-order valence-electron chi connectivity index (χ0n) is 10.1. The number of phenolic OH excluding ortho intramolecular Hbond substituents is 1. The molecule has 20 heavy (non-hydrogen) atoms. The van der Waals surface area contributed by atoms with Gasteiger partial charge in [-0.15, -0.1) is 0 Å². The normalized spacial score (nSPS) is 19.4. The molecule has 1 aliphatic heterocycles. The van der Waals surface area contributed by atoms with Gasteiger partial charge < -0.3 is 10.0 Å². The van der Waals surface area contributed by atoms with E-state index >= 15 is 0 Å². The first-order valence-corrected chi connectivity index (χ1v) is 7.10. The van der Waals surface area contributed by atoms with Crippen molar-refractivity contribution in [2.24, 2.45) is 5.14 Å². The number of phenols is 1. The van der Waals surface area contributed by atoms with E-state index in [-0.39, 0.29) is 24.3 Å². The molecule has 0 saturated carbocycles. The number of anilines is 1. The lowest BCUT2D eigenvalue weighted by Gasteiger charge is -2.17. The van der Waals surface area contributed by atoms with E-state index in [9.17, 15) is 28.4 Å². The average molecular weight is 301 g/mol. The second kappa shape index (κ2) is 4.72. The molecule has 2 rings (SSSR count). The molecule has 3 N–H and O–H groups in total. The number of hydrogen-bond acceptors (Lipinski definition) is 6. The molecule has 108 valence electrons. The van der Waals surface area contributed by atoms with E-state index in [0.717, 1.165) is 17.0 Å². The number of amides is 1. The minimum absolute atomic E-state index is 0.0201. The number of rotatable bonds is 3. The largest absolute Gasteiger partial charge is 0.505 e. The van der Waals surface area contributed by atoms with Gasteiger partial charge in [-0.3, -0.25) is 14.9 Å². The Balaban J connectivity index is 2.33. The van der Waals surface area contributed by atoms with Gasteiger partial charge >= 0.3 is 0 Å². The number of non-ortho nitro benzene ring substituents is 1. The van der Waals surface area contributed by atoms with Crippen molar-refractivity contribution in [2.45, 2.75) is 11.7 Å². The minimum Gasteiger partial charge on any atom is -0.505 e. The topological polar surface area (TPSA) is 144 Å². The summed E-state index contributed by atoms with van der Waals surface area (Å²) in [5, 5.41) is 24.2. The number of benzene rings is 1. The number of nitrogens with zero attached hydrogens (tertiary/aromatic N) is 2. The van der Waals surface area contributed by atoms with Gasteiger partial charge in [0, 0.05) is 19.0 Å². The van der Waals surface area contributed by atoms with Gasteiger partial charge in [-0.1, -0.05) is 0 Å². The van der Waals surface area contributed by atoms with Crippen LogP contribution in [-0.2, 0) is 14.8 Å². The smallest absolute Gasteiger partial charge is 0.273 e. The third-order valence-electron chi connectivity index (χ3n) is 3.01. The average Bonchev–Trinajstić information content (AvgIpc) is 2.71. The second-order valence-corrected chi connectivity index (χ2v) is 6.19. The van der Waals surface area contributed by atoms with E-state index in [4.69, 9.17) is 5.14 Å². The molecule has 1 fully saturated rings. The van der Waals surface area contributed by atoms with Crippen LogP contribution in [0, 0.1) is 10.1 Å². The molecular formula is C10H11N3O6S. The zero-order valence-corrected chi connectivity index (χ0v) is 10.9. The van der Waals surface area contributed by atoms with Gasteiger partial charge in [0.1, 0.15) is 11.0 Å². The molecule has 1 aromatic rings. The molecule has 1 saturated heterocycles. The Morgan fingerprint density at radius 2 is 2.10 bits per heavy atom. The fraction of sp³-hybridized carbons (Fsp3) is 0.300. The number of hydrogen-bond donors (Lipinski definition) is 2. The number of aromatic hydroxyl groups is 1. The van der Waals surface area contributed by atoms with Crippen LogP contribution < -0.4 is 10.0 Å². The summed E-state index contributed by atoms with van der Waals surface area (Å²) in [4.78, 5) is 22.7. The summed E-state index contributed by atoms with van der Waals surface area (Å²) in [5.41, 5.74) is -0.312. The lowest BCUT2D eigenvalue weighted by molar-refractivity contribution is -0.384. The maximum atomic E-state index is 11.8. The Hall–Kier alpha value is -2.20. The first kappa shape index (κ1) is 14.2. The van der Waals surface area contributed by atoms with Gasteiger partial charge in [-0.2, -0.15) is 0 Å². The third-order valence-corrected chi connectivity index (χ3v) is 4.26. The van der Waals surface area contributed by atoms with E-state index in [1.165, 1.54) is 6.07 Å². The van der Waals surface area contributed by atoms with Gasteiger partial charge in [0.2, 0.25) is 15.9 Å². The molecule has 1 heterocycles. The number of nitro groups is 1. The molecule has 10 heteroatoms. The van der Waals surface area contributed by atoms with E-state index < -0.39 is 31.9 Å². The van der Waals surface area contributed by atoms with Crippen molar-refractivity contribution in [1.29, 1.82) is 0 Å². The standard InChI is InChI=1S/C10H11N3O6S/c11-20(18,19)7-4-10(15)12(5-7)8-2-1-6(13(16)17)3-9(8)14/h1-3,7,14H,4-5H2,(H2,11,18,19). The molecule has 1 atom stereocenters. The predicted octanol–water partition coefficient (Wildman–Crippen LogP) is -0.306.